The molecule has 13 heavy (non-hydrogen) atoms. The van der Waals surface area contributed by atoms with E-state index in [1.807, 2.05) is 12.2 Å². The van der Waals surface area contributed by atoms with Crippen LogP contribution in [0.15, 0.2) is 24.3 Å². The zero-order valence-electron chi connectivity index (χ0n) is 7.94. The SMILES string of the molecule is CCCCC1C=CC=CCS1(=O)=O. The highest BCUT2D eigenvalue weighted by Gasteiger charge is 2.21. The molecule has 0 aromatic carbocycles. The predicted octanol–water partition coefficient (Wildman–Crippen LogP) is 2.09. The van der Waals surface area contributed by atoms with E-state index in [0.717, 1.165) is 19.3 Å². The lowest BCUT2D eigenvalue weighted by atomic mass is 10.2. The van der Waals surface area contributed by atoms with E-state index in [2.05, 4.69) is 6.92 Å². The molecule has 0 radical (unpaired) electrons. The van der Waals surface area contributed by atoms with Crippen LogP contribution in [0.5, 0.6) is 0 Å². The number of rotatable bonds is 3. The first kappa shape index (κ1) is 10.5. The molecule has 74 valence electrons. The van der Waals surface area contributed by atoms with Gasteiger partial charge in [0, 0.05) is 0 Å². The van der Waals surface area contributed by atoms with Gasteiger partial charge < -0.3 is 0 Å². The largest absolute Gasteiger partial charge is 0.228 e. The molecule has 1 atom stereocenters. The van der Waals surface area contributed by atoms with Crippen molar-refractivity contribution in [1.29, 1.82) is 0 Å². The average molecular weight is 200 g/mol. The summed E-state index contributed by atoms with van der Waals surface area (Å²) in [6, 6.07) is 0. The van der Waals surface area contributed by atoms with E-state index in [1.54, 1.807) is 12.2 Å². The molecule has 1 aliphatic rings. The highest BCUT2D eigenvalue weighted by atomic mass is 32.2. The molecule has 1 heterocycles. The van der Waals surface area contributed by atoms with Gasteiger partial charge in [0.2, 0.25) is 0 Å². The van der Waals surface area contributed by atoms with Crippen LogP contribution >= 0.6 is 0 Å². The third-order valence-electron chi connectivity index (χ3n) is 2.20. The Labute approximate surface area is 80.3 Å². The third kappa shape index (κ3) is 2.99. The number of sulfone groups is 1. The van der Waals surface area contributed by atoms with Crippen molar-refractivity contribution in [3.8, 4) is 0 Å². The van der Waals surface area contributed by atoms with Crippen molar-refractivity contribution >= 4 is 9.84 Å². The van der Waals surface area contributed by atoms with Gasteiger partial charge in [0.05, 0.1) is 11.0 Å². The fraction of sp³-hybridized carbons (Fsp3) is 0.600. The Hall–Kier alpha value is -0.570. The van der Waals surface area contributed by atoms with Crippen LogP contribution in [0.25, 0.3) is 0 Å². The van der Waals surface area contributed by atoms with E-state index in [-0.39, 0.29) is 11.0 Å². The summed E-state index contributed by atoms with van der Waals surface area (Å²) in [4.78, 5) is 0. The molecule has 0 saturated carbocycles. The summed E-state index contributed by atoms with van der Waals surface area (Å²) in [6.45, 7) is 2.07. The Morgan fingerprint density at radius 3 is 2.85 bits per heavy atom. The van der Waals surface area contributed by atoms with E-state index >= 15 is 0 Å². The first-order chi connectivity index (χ1) is 6.17. The summed E-state index contributed by atoms with van der Waals surface area (Å²) in [7, 11) is -2.91. The smallest absolute Gasteiger partial charge is 0.160 e. The fourth-order valence-electron chi connectivity index (χ4n) is 1.38. The van der Waals surface area contributed by atoms with Crippen LogP contribution in [-0.4, -0.2) is 19.4 Å². The topological polar surface area (TPSA) is 34.1 Å². The third-order valence-corrected chi connectivity index (χ3v) is 4.18. The van der Waals surface area contributed by atoms with E-state index in [0.29, 0.717) is 0 Å². The minimum atomic E-state index is -2.91. The maximum absolute atomic E-state index is 11.6. The Kier molecular flexibility index (Phi) is 3.72. The molecule has 2 nitrogen and oxygen atoms in total. The van der Waals surface area contributed by atoms with Crippen molar-refractivity contribution in [2.24, 2.45) is 0 Å². The quantitative estimate of drug-likeness (QED) is 0.699. The zero-order chi connectivity index (χ0) is 9.73. The Morgan fingerprint density at radius 2 is 2.15 bits per heavy atom. The molecule has 0 saturated heterocycles. The molecule has 1 unspecified atom stereocenters. The molecule has 3 heteroatoms. The van der Waals surface area contributed by atoms with Crippen LogP contribution in [-0.2, 0) is 9.84 Å². The van der Waals surface area contributed by atoms with Gasteiger partial charge in [0.15, 0.2) is 9.84 Å². The van der Waals surface area contributed by atoms with Gasteiger partial charge in [0.1, 0.15) is 0 Å². The number of allylic oxidation sites excluding steroid dienone is 2. The second-order valence-electron chi connectivity index (χ2n) is 3.32. The van der Waals surface area contributed by atoms with E-state index in [1.165, 1.54) is 0 Å². The van der Waals surface area contributed by atoms with Crippen molar-refractivity contribution in [3.63, 3.8) is 0 Å². The van der Waals surface area contributed by atoms with Crippen LogP contribution in [0, 0.1) is 0 Å². The minimum Gasteiger partial charge on any atom is -0.228 e. The summed E-state index contributed by atoms with van der Waals surface area (Å²) < 4.78 is 23.2. The summed E-state index contributed by atoms with van der Waals surface area (Å²) in [5.41, 5.74) is 0. The van der Waals surface area contributed by atoms with Gasteiger partial charge in [-0.25, -0.2) is 8.42 Å². The molecule has 0 fully saturated rings. The Bertz CT molecular complexity index is 299. The van der Waals surface area contributed by atoms with Crippen LogP contribution in [0.2, 0.25) is 0 Å². The molecule has 0 aromatic heterocycles. The van der Waals surface area contributed by atoms with Crippen LogP contribution in [0.4, 0.5) is 0 Å². The second-order valence-corrected chi connectivity index (χ2v) is 5.59. The lowest BCUT2D eigenvalue weighted by molar-refractivity contribution is 0.582. The Morgan fingerprint density at radius 1 is 1.38 bits per heavy atom. The molecule has 0 spiro atoms. The average Bonchev–Trinajstić information content (AvgIpc) is 2.23. The number of hydrogen-bond acceptors (Lipinski definition) is 2. The molecular weight excluding hydrogens is 184 g/mol. The summed E-state index contributed by atoms with van der Waals surface area (Å²) in [6.07, 6.45) is 9.94. The highest BCUT2D eigenvalue weighted by Crippen LogP contribution is 2.15. The molecule has 0 N–H and O–H groups in total. The second kappa shape index (κ2) is 4.61. The Balaban J connectivity index is 2.70. The monoisotopic (exact) mass is 200 g/mol. The number of unbranched alkanes of at least 4 members (excludes halogenated alkanes) is 1. The van der Waals surface area contributed by atoms with Crippen molar-refractivity contribution in [1.82, 2.24) is 0 Å². The van der Waals surface area contributed by atoms with Gasteiger partial charge in [0.25, 0.3) is 0 Å². The van der Waals surface area contributed by atoms with Crippen molar-refractivity contribution < 1.29 is 8.42 Å². The van der Waals surface area contributed by atoms with Crippen molar-refractivity contribution in [2.75, 3.05) is 5.75 Å². The molecule has 0 aromatic rings. The lowest BCUT2D eigenvalue weighted by Gasteiger charge is -2.10. The van der Waals surface area contributed by atoms with E-state index in [4.69, 9.17) is 0 Å². The summed E-state index contributed by atoms with van der Waals surface area (Å²) >= 11 is 0. The summed E-state index contributed by atoms with van der Waals surface area (Å²) in [5, 5.41) is -0.262. The first-order valence-electron chi connectivity index (χ1n) is 4.71. The minimum absolute atomic E-state index is 0.189. The zero-order valence-corrected chi connectivity index (χ0v) is 8.76. The highest BCUT2D eigenvalue weighted by molar-refractivity contribution is 7.92. The molecule has 0 bridgehead atoms. The molecular formula is C10H16O2S. The van der Waals surface area contributed by atoms with E-state index < -0.39 is 9.84 Å². The van der Waals surface area contributed by atoms with Crippen molar-refractivity contribution in [3.05, 3.63) is 24.3 Å². The van der Waals surface area contributed by atoms with Crippen LogP contribution in [0.1, 0.15) is 26.2 Å². The fourth-order valence-corrected chi connectivity index (χ4v) is 2.86. The molecule has 0 aliphatic carbocycles. The van der Waals surface area contributed by atoms with Crippen molar-refractivity contribution in [2.45, 2.75) is 31.4 Å². The van der Waals surface area contributed by atoms with Gasteiger partial charge in [-0.05, 0) is 6.42 Å². The van der Waals surface area contributed by atoms with Gasteiger partial charge >= 0.3 is 0 Å². The van der Waals surface area contributed by atoms with Gasteiger partial charge in [-0.3, -0.25) is 0 Å². The van der Waals surface area contributed by atoms with Gasteiger partial charge in [-0.1, -0.05) is 44.1 Å². The van der Waals surface area contributed by atoms with Gasteiger partial charge in [-0.15, -0.1) is 0 Å². The lowest BCUT2D eigenvalue weighted by Crippen LogP contribution is -2.20. The molecule has 0 amide bonds. The predicted molar refractivity (Wildman–Crippen MR) is 55.4 cm³/mol. The first-order valence-corrected chi connectivity index (χ1v) is 6.43. The maximum atomic E-state index is 11.6. The summed E-state index contributed by atoms with van der Waals surface area (Å²) in [5.74, 6) is 0.189. The normalized spacial score (nSPS) is 25.8. The number of hydrogen-bond donors (Lipinski definition) is 0. The maximum Gasteiger partial charge on any atom is 0.160 e. The van der Waals surface area contributed by atoms with E-state index in [9.17, 15) is 8.42 Å². The standard InChI is InChI=1S/C10H16O2S/c1-2-3-7-10-8-5-4-6-9-13(10,11)12/h4-6,8,10H,2-3,7,9H2,1H3. The molecule has 1 aliphatic heterocycles. The van der Waals surface area contributed by atoms with Crippen LogP contribution < -0.4 is 0 Å². The van der Waals surface area contributed by atoms with Gasteiger partial charge in [-0.2, -0.15) is 0 Å². The molecule has 1 rings (SSSR count). The van der Waals surface area contributed by atoms with Crippen LogP contribution in [0.3, 0.4) is 0 Å².